The zero-order chi connectivity index (χ0) is 16.4. The molecular weight excluding hydrogens is 318 g/mol. The molecule has 1 aromatic rings. The van der Waals surface area contributed by atoms with E-state index in [9.17, 15) is 14.7 Å². The first-order chi connectivity index (χ1) is 11.0. The highest BCUT2D eigenvalue weighted by Crippen LogP contribution is 2.61. The van der Waals surface area contributed by atoms with Gasteiger partial charge in [0.15, 0.2) is 0 Å². The second-order valence-electron chi connectivity index (χ2n) is 7.37. The molecule has 7 heteroatoms. The standard InChI is InChI=1S/C16H20ClN3O3/c1-18-11-7-19-20(14(21)13(11)17)16-5-8-2-9(6-16)4-10(3-8)12(16)15(22)23/h7-10,12,18H,2-6H2,1H3,(H,22,23)/t8-,9-,10?,12+,16?/m0/s1. The number of aromatic nitrogens is 2. The van der Waals surface area contributed by atoms with Gasteiger partial charge in [-0.15, -0.1) is 0 Å². The molecule has 4 fully saturated rings. The SMILES string of the molecule is CNc1cnn(C23C[C@@H]4CC(C[C@H](C4)C2)[C@@H]3C(=O)O)c(=O)c1Cl. The van der Waals surface area contributed by atoms with Crippen LogP contribution in [0.1, 0.15) is 32.1 Å². The quantitative estimate of drug-likeness (QED) is 0.883. The van der Waals surface area contributed by atoms with Crippen LogP contribution in [-0.2, 0) is 10.3 Å². The van der Waals surface area contributed by atoms with Gasteiger partial charge in [-0.2, -0.15) is 5.10 Å². The van der Waals surface area contributed by atoms with Gasteiger partial charge in [-0.25, -0.2) is 4.68 Å². The van der Waals surface area contributed by atoms with Crippen LogP contribution in [0.2, 0.25) is 5.02 Å². The Morgan fingerprint density at radius 2 is 2.04 bits per heavy atom. The van der Waals surface area contributed by atoms with Gasteiger partial charge in [-0.3, -0.25) is 9.59 Å². The Labute approximate surface area is 138 Å². The second kappa shape index (κ2) is 4.97. The predicted octanol–water partition coefficient (Wildman–Crippen LogP) is 2.17. The van der Waals surface area contributed by atoms with Crippen LogP contribution >= 0.6 is 11.6 Å². The number of anilines is 1. The van der Waals surface area contributed by atoms with E-state index >= 15 is 0 Å². The van der Waals surface area contributed by atoms with E-state index in [2.05, 4.69) is 10.4 Å². The van der Waals surface area contributed by atoms with Gasteiger partial charge in [0.1, 0.15) is 5.02 Å². The summed E-state index contributed by atoms with van der Waals surface area (Å²) in [4.78, 5) is 24.8. The van der Waals surface area contributed by atoms with Gasteiger partial charge in [-0.05, 0) is 49.9 Å². The van der Waals surface area contributed by atoms with Crippen LogP contribution in [0.5, 0.6) is 0 Å². The van der Waals surface area contributed by atoms with Crippen molar-refractivity contribution >= 4 is 23.3 Å². The van der Waals surface area contributed by atoms with Crippen LogP contribution < -0.4 is 10.9 Å². The number of carboxylic acid groups (broad SMARTS) is 1. The van der Waals surface area contributed by atoms with Crippen LogP contribution in [0, 0.1) is 23.7 Å². The number of carbonyl (C=O) groups is 1. The highest BCUT2D eigenvalue weighted by molar-refractivity contribution is 6.32. The molecule has 6 nitrogen and oxygen atoms in total. The van der Waals surface area contributed by atoms with Crippen molar-refractivity contribution in [2.75, 3.05) is 12.4 Å². The van der Waals surface area contributed by atoms with Gasteiger partial charge in [0.05, 0.1) is 23.3 Å². The summed E-state index contributed by atoms with van der Waals surface area (Å²) >= 11 is 6.18. The summed E-state index contributed by atoms with van der Waals surface area (Å²) < 4.78 is 1.40. The monoisotopic (exact) mass is 337 g/mol. The maximum absolute atomic E-state index is 12.8. The third-order valence-corrected chi connectivity index (χ3v) is 6.51. The molecule has 0 radical (unpaired) electrons. The summed E-state index contributed by atoms with van der Waals surface area (Å²) in [5.41, 5.74) is -0.621. The smallest absolute Gasteiger partial charge is 0.309 e. The summed E-state index contributed by atoms with van der Waals surface area (Å²) in [5.74, 6) is -0.206. The Bertz CT molecular complexity index is 718. The van der Waals surface area contributed by atoms with Gasteiger partial charge in [0.25, 0.3) is 5.56 Å². The van der Waals surface area contributed by atoms with E-state index in [4.69, 9.17) is 11.6 Å². The minimum absolute atomic E-state index is 0.0855. The van der Waals surface area contributed by atoms with Crippen molar-refractivity contribution in [3.63, 3.8) is 0 Å². The molecule has 0 saturated heterocycles. The molecule has 4 bridgehead atoms. The first-order valence-electron chi connectivity index (χ1n) is 8.15. The van der Waals surface area contributed by atoms with E-state index in [1.54, 1.807) is 7.05 Å². The van der Waals surface area contributed by atoms with E-state index in [0.29, 0.717) is 17.5 Å². The minimum atomic E-state index is -0.809. The number of aliphatic carboxylic acids is 1. The minimum Gasteiger partial charge on any atom is -0.481 e. The number of nitrogens with one attached hydrogen (secondary N) is 1. The average Bonchev–Trinajstić information content (AvgIpc) is 2.48. The molecule has 0 aliphatic heterocycles. The van der Waals surface area contributed by atoms with Crippen molar-refractivity contribution in [2.24, 2.45) is 23.7 Å². The Balaban J connectivity index is 1.90. The number of nitrogens with zero attached hydrogens (tertiary/aromatic N) is 2. The average molecular weight is 338 g/mol. The third-order valence-electron chi connectivity index (χ3n) is 6.15. The highest BCUT2D eigenvalue weighted by Gasteiger charge is 2.61. The second-order valence-corrected chi connectivity index (χ2v) is 7.74. The fourth-order valence-electron chi connectivity index (χ4n) is 5.66. The fraction of sp³-hybridized carbons (Fsp3) is 0.688. The normalized spacial score (nSPS) is 37.8. The Morgan fingerprint density at radius 3 is 2.61 bits per heavy atom. The molecule has 4 aliphatic carbocycles. The topological polar surface area (TPSA) is 84.2 Å². The van der Waals surface area contributed by atoms with Crippen LogP contribution in [0.3, 0.4) is 0 Å². The lowest BCUT2D eigenvalue weighted by Crippen LogP contribution is -2.63. The molecule has 2 N–H and O–H groups in total. The van der Waals surface area contributed by atoms with Gasteiger partial charge in [0, 0.05) is 7.05 Å². The van der Waals surface area contributed by atoms with Crippen molar-refractivity contribution in [2.45, 2.75) is 37.6 Å². The maximum Gasteiger partial charge on any atom is 0.309 e. The summed E-state index contributed by atoms with van der Waals surface area (Å²) in [6, 6.07) is 0. The number of rotatable bonds is 3. The van der Waals surface area contributed by atoms with Crippen LogP contribution in [-0.4, -0.2) is 27.9 Å². The molecule has 4 aliphatic rings. The first kappa shape index (κ1) is 15.0. The summed E-state index contributed by atoms with van der Waals surface area (Å²) in [6.45, 7) is 0. The number of carboxylic acids is 1. The Kier molecular flexibility index (Phi) is 3.24. The lowest BCUT2D eigenvalue weighted by molar-refractivity contribution is -0.168. The van der Waals surface area contributed by atoms with Crippen molar-refractivity contribution in [1.82, 2.24) is 9.78 Å². The first-order valence-corrected chi connectivity index (χ1v) is 8.53. The van der Waals surface area contributed by atoms with E-state index in [1.807, 2.05) is 0 Å². The Hall–Kier alpha value is -1.56. The van der Waals surface area contributed by atoms with Crippen molar-refractivity contribution < 1.29 is 9.90 Å². The third kappa shape index (κ3) is 1.97. The van der Waals surface area contributed by atoms with Crippen molar-refractivity contribution in [3.05, 3.63) is 21.6 Å². The molecule has 1 aromatic heterocycles. The van der Waals surface area contributed by atoms with Gasteiger partial charge in [0.2, 0.25) is 0 Å². The zero-order valence-corrected chi connectivity index (χ0v) is 13.7. The van der Waals surface area contributed by atoms with Crippen LogP contribution in [0.25, 0.3) is 0 Å². The lowest BCUT2D eigenvalue weighted by atomic mass is 9.48. The number of halogens is 1. The van der Waals surface area contributed by atoms with Gasteiger partial charge in [-0.1, -0.05) is 11.6 Å². The highest BCUT2D eigenvalue weighted by atomic mass is 35.5. The number of hydrogen-bond donors (Lipinski definition) is 2. The van der Waals surface area contributed by atoms with Crippen LogP contribution in [0.15, 0.2) is 11.0 Å². The molecule has 0 spiro atoms. The van der Waals surface area contributed by atoms with Gasteiger partial charge < -0.3 is 10.4 Å². The maximum atomic E-state index is 12.8. The Morgan fingerprint density at radius 1 is 1.39 bits per heavy atom. The molecule has 1 heterocycles. The molecule has 0 amide bonds. The summed E-state index contributed by atoms with van der Waals surface area (Å²) in [7, 11) is 1.68. The van der Waals surface area contributed by atoms with E-state index in [0.717, 1.165) is 32.1 Å². The largest absolute Gasteiger partial charge is 0.481 e. The van der Waals surface area contributed by atoms with Gasteiger partial charge >= 0.3 is 5.97 Å². The molecule has 124 valence electrons. The zero-order valence-electron chi connectivity index (χ0n) is 13.0. The summed E-state index contributed by atoms with van der Waals surface area (Å²) in [5, 5.41) is 17.1. The van der Waals surface area contributed by atoms with Crippen molar-refractivity contribution in [1.29, 1.82) is 0 Å². The molecule has 0 aromatic carbocycles. The fourth-order valence-corrected chi connectivity index (χ4v) is 5.88. The molecule has 5 rings (SSSR count). The molecule has 0 unspecified atom stereocenters. The van der Waals surface area contributed by atoms with Crippen molar-refractivity contribution in [3.8, 4) is 0 Å². The predicted molar refractivity (Wildman–Crippen MR) is 85.7 cm³/mol. The van der Waals surface area contributed by atoms with Crippen LogP contribution in [0.4, 0.5) is 5.69 Å². The number of hydrogen-bond acceptors (Lipinski definition) is 4. The molecule has 4 saturated carbocycles. The van der Waals surface area contributed by atoms with E-state index in [-0.39, 0.29) is 16.5 Å². The lowest BCUT2D eigenvalue weighted by Gasteiger charge is -2.59. The van der Waals surface area contributed by atoms with E-state index < -0.39 is 17.4 Å². The molecule has 3 atom stereocenters. The molecule has 23 heavy (non-hydrogen) atoms. The van der Waals surface area contributed by atoms with E-state index in [1.165, 1.54) is 10.9 Å². The molecular formula is C16H20ClN3O3. The summed E-state index contributed by atoms with van der Waals surface area (Å²) in [6.07, 6.45) is 6.06.